The highest BCUT2D eigenvalue weighted by Crippen LogP contribution is 2.29. The van der Waals surface area contributed by atoms with Crippen LogP contribution in [0.2, 0.25) is 0 Å². The van der Waals surface area contributed by atoms with Gasteiger partial charge in [-0.1, -0.05) is 56.3 Å². The van der Waals surface area contributed by atoms with E-state index in [1.54, 1.807) is 36.4 Å². The molecule has 0 saturated heterocycles. The van der Waals surface area contributed by atoms with Crippen LogP contribution in [0.5, 0.6) is 5.75 Å². The van der Waals surface area contributed by atoms with E-state index >= 15 is 0 Å². The fourth-order valence-electron chi connectivity index (χ4n) is 2.84. The first-order valence-corrected chi connectivity index (χ1v) is 9.85. The van der Waals surface area contributed by atoms with Crippen molar-refractivity contribution in [3.8, 4) is 5.75 Å². The van der Waals surface area contributed by atoms with Gasteiger partial charge in [-0.3, -0.25) is 4.79 Å². The standard InChI is InChI=1S/C25H25NO4/c1-19(2)17-29-24-13-11-22(12-14-24)26(23-10-6-9-21(15-23)16-27)25(28)30-18-20-7-4-3-5-8-20/h3-16,19H,17-18H2,1-2H3. The fraction of sp³-hybridized carbons (Fsp3) is 0.200. The molecule has 0 saturated carbocycles. The zero-order chi connectivity index (χ0) is 21.3. The molecular formula is C25H25NO4. The monoisotopic (exact) mass is 403 g/mol. The van der Waals surface area contributed by atoms with Gasteiger partial charge < -0.3 is 9.47 Å². The SMILES string of the molecule is CC(C)COc1ccc(N(C(=O)OCc2ccccc2)c2cccc(C=O)c2)cc1. The Hall–Kier alpha value is -3.60. The number of amides is 1. The molecule has 0 heterocycles. The van der Waals surface area contributed by atoms with E-state index in [9.17, 15) is 9.59 Å². The van der Waals surface area contributed by atoms with Crippen molar-refractivity contribution in [1.82, 2.24) is 0 Å². The maximum Gasteiger partial charge on any atom is 0.419 e. The number of aldehydes is 1. The highest BCUT2D eigenvalue weighted by molar-refractivity contribution is 5.97. The molecule has 1 amide bonds. The molecule has 0 fully saturated rings. The molecule has 0 aliphatic carbocycles. The highest BCUT2D eigenvalue weighted by Gasteiger charge is 2.20. The van der Waals surface area contributed by atoms with Crippen LogP contribution < -0.4 is 9.64 Å². The smallest absolute Gasteiger partial charge is 0.419 e. The predicted octanol–water partition coefficient (Wildman–Crippen LogP) is 6.01. The number of carbonyl (C=O) groups is 2. The second-order valence-corrected chi connectivity index (χ2v) is 7.29. The van der Waals surface area contributed by atoms with Crippen LogP contribution in [0.15, 0.2) is 78.9 Å². The molecule has 3 aromatic rings. The largest absolute Gasteiger partial charge is 0.493 e. The molecule has 0 atom stereocenters. The molecule has 3 aromatic carbocycles. The predicted molar refractivity (Wildman–Crippen MR) is 117 cm³/mol. The minimum absolute atomic E-state index is 0.152. The Kier molecular flexibility index (Phi) is 7.22. The minimum atomic E-state index is -0.530. The van der Waals surface area contributed by atoms with Crippen molar-refractivity contribution < 1.29 is 19.1 Å². The lowest BCUT2D eigenvalue weighted by molar-refractivity contribution is 0.112. The third-order valence-electron chi connectivity index (χ3n) is 4.33. The van der Waals surface area contributed by atoms with Gasteiger partial charge in [-0.15, -0.1) is 0 Å². The van der Waals surface area contributed by atoms with Crippen molar-refractivity contribution in [3.05, 3.63) is 90.0 Å². The van der Waals surface area contributed by atoms with Gasteiger partial charge in [-0.25, -0.2) is 9.69 Å². The van der Waals surface area contributed by atoms with E-state index < -0.39 is 6.09 Å². The molecule has 5 heteroatoms. The van der Waals surface area contributed by atoms with E-state index in [4.69, 9.17) is 9.47 Å². The Bertz CT molecular complexity index is 968. The third-order valence-corrected chi connectivity index (χ3v) is 4.33. The van der Waals surface area contributed by atoms with E-state index in [0.717, 1.165) is 17.6 Å². The second kappa shape index (κ2) is 10.3. The number of carbonyl (C=O) groups excluding carboxylic acids is 2. The average Bonchev–Trinajstić information content (AvgIpc) is 2.78. The van der Waals surface area contributed by atoms with Crippen molar-refractivity contribution in [2.75, 3.05) is 11.5 Å². The average molecular weight is 403 g/mol. The maximum absolute atomic E-state index is 13.0. The summed E-state index contributed by atoms with van der Waals surface area (Å²) in [6.45, 7) is 4.93. The summed E-state index contributed by atoms with van der Waals surface area (Å²) in [6.07, 6.45) is 0.220. The van der Waals surface area contributed by atoms with Crippen molar-refractivity contribution in [1.29, 1.82) is 0 Å². The first kappa shape index (κ1) is 21.1. The van der Waals surface area contributed by atoms with E-state index in [2.05, 4.69) is 13.8 Å². The van der Waals surface area contributed by atoms with Crippen LogP contribution in [0.3, 0.4) is 0 Å². The normalized spacial score (nSPS) is 10.5. The van der Waals surface area contributed by atoms with Crippen LogP contribution in [-0.2, 0) is 11.3 Å². The summed E-state index contributed by atoms with van der Waals surface area (Å²) in [4.78, 5) is 25.7. The number of rotatable bonds is 8. The van der Waals surface area contributed by atoms with E-state index in [1.165, 1.54) is 4.90 Å². The molecule has 0 aromatic heterocycles. The summed E-state index contributed by atoms with van der Waals surface area (Å²) >= 11 is 0. The maximum atomic E-state index is 13.0. The van der Waals surface area contributed by atoms with Gasteiger partial charge in [0, 0.05) is 5.56 Å². The molecule has 5 nitrogen and oxygen atoms in total. The number of hydrogen-bond donors (Lipinski definition) is 0. The van der Waals surface area contributed by atoms with Crippen LogP contribution in [0.25, 0.3) is 0 Å². The van der Waals surface area contributed by atoms with Crippen LogP contribution in [0, 0.1) is 5.92 Å². The summed E-state index contributed by atoms with van der Waals surface area (Å²) in [6, 6.07) is 23.6. The first-order valence-electron chi connectivity index (χ1n) is 9.85. The van der Waals surface area contributed by atoms with Gasteiger partial charge in [0.1, 0.15) is 18.6 Å². The van der Waals surface area contributed by atoms with Crippen LogP contribution in [0.1, 0.15) is 29.8 Å². The van der Waals surface area contributed by atoms with E-state index in [0.29, 0.717) is 29.5 Å². The van der Waals surface area contributed by atoms with Crippen molar-refractivity contribution in [2.45, 2.75) is 20.5 Å². The fourth-order valence-corrected chi connectivity index (χ4v) is 2.84. The number of ether oxygens (including phenoxy) is 2. The second-order valence-electron chi connectivity index (χ2n) is 7.29. The Balaban J connectivity index is 1.85. The Morgan fingerprint density at radius 1 is 0.933 bits per heavy atom. The van der Waals surface area contributed by atoms with Gasteiger partial charge in [0.05, 0.1) is 18.0 Å². The Labute approximate surface area is 176 Å². The lowest BCUT2D eigenvalue weighted by Crippen LogP contribution is -2.26. The van der Waals surface area contributed by atoms with E-state index in [-0.39, 0.29) is 6.61 Å². The molecule has 0 bridgehead atoms. The molecule has 0 unspecified atom stereocenters. The van der Waals surface area contributed by atoms with Crippen molar-refractivity contribution in [3.63, 3.8) is 0 Å². The zero-order valence-corrected chi connectivity index (χ0v) is 17.2. The topological polar surface area (TPSA) is 55.8 Å². The van der Waals surface area contributed by atoms with Crippen LogP contribution in [-0.4, -0.2) is 19.0 Å². The van der Waals surface area contributed by atoms with Crippen molar-refractivity contribution in [2.24, 2.45) is 5.92 Å². The minimum Gasteiger partial charge on any atom is -0.493 e. The van der Waals surface area contributed by atoms with Gasteiger partial charge in [0.2, 0.25) is 0 Å². The molecule has 0 radical (unpaired) electrons. The lowest BCUT2D eigenvalue weighted by Gasteiger charge is -2.23. The molecule has 0 aliphatic heterocycles. The molecule has 0 aliphatic rings. The first-order chi connectivity index (χ1) is 14.6. The van der Waals surface area contributed by atoms with Crippen molar-refractivity contribution >= 4 is 23.8 Å². The van der Waals surface area contributed by atoms with Gasteiger partial charge in [0.15, 0.2) is 0 Å². The van der Waals surface area contributed by atoms with E-state index in [1.807, 2.05) is 42.5 Å². The summed E-state index contributed by atoms with van der Waals surface area (Å²) < 4.78 is 11.3. The van der Waals surface area contributed by atoms with Gasteiger partial charge in [0.25, 0.3) is 0 Å². The summed E-state index contributed by atoms with van der Waals surface area (Å²) in [5.74, 6) is 1.15. The number of anilines is 2. The van der Waals surface area contributed by atoms with Crippen LogP contribution in [0.4, 0.5) is 16.2 Å². The lowest BCUT2D eigenvalue weighted by atomic mass is 10.2. The quantitative estimate of drug-likeness (QED) is 0.432. The molecule has 3 rings (SSSR count). The highest BCUT2D eigenvalue weighted by atomic mass is 16.6. The number of benzene rings is 3. The summed E-state index contributed by atoms with van der Waals surface area (Å²) in [5, 5.41) is 0. The Morgan fingerprint density at radius 2 is 1.67 bits per heavy atom. The number of hydrogen-bond acceptors (Lipinski definition) is 4. The summed E-state index contributed by atoms with van der Waals surface area (Å²) in [5.41, 5.74) is 2.54. The molecule has 154 valence electrons. The zero-order valence-electron chi connectivity index (χ0n) is 17.2. The summed E-state index contributed by atoms with van der Waals surface area (Å²) in [7, 11) is 0. The Morgan fingerprint density at radius 3 is 2.33 bits per heavy atom. The molecule has 0 N–H and O–H groups in total. The van der Waals surface area contributed by atoms with Gasteiger partial charge >= 0.3 is 6.09 Å². The number of nitrogens with zero attached hydrogens (tertiary/aromatic N) is 1. The molecular weight excluding hydrogens is 378 g/mol. The van der Waals surface area contributed by atoms with Gasteiger partial charge in [-0.2, -0.15) is 0 Å². The van der Waals surface area contributed by atoms with Crippen LogP contribution >= 0.6 is 0 Å². The molecule has 0 spiro atoms. The third kappa shape index (κ3) is 5.70. The van der Waals surface area contributed by atoms with Gasteiger partial charge in [-0.05, 0) is 47.9 Å². The molecule has 30 heavy (non-hydrogen) atoms.